The number of thioether (sulfide) groups is 1. The first kappa shape index (κ1) is 19.0. The number of hydrogen-bond acceptors (Lipinski definition) is 5. The third-order valence-electron chi connectivity index (χ3n) is 3.77. The summed E-state index contributed by atoms with van der Waals surface area (Å²) >= 11 is 9.43. The van der Waals surface area contributed by atoms with Gasteiger partial charge in [-0.25, -0.2) is 4.99 Å². The summed E-state index contributed by atoms with van der Waals surface area (Å²) in [6.07, 6.45) is 4.00. The molecular weight excluding hydrogens is 388 g/mol. The van der Waals surface area contributed by atoms with Crippen LogP contribution in [0.3, 0.4) is 0 Å². The van der Waals surface area contributed by atoms with Gasteiger partial charge in [-0.15, -0.1) is 11.3 Å². The van der Waals surface area contributed by atoms with Crippen LogP contribution in [0.15, 0.2) is 46.4 Å². The summed E-state index contributed by atoms with van der Waals surface area (Å²) in [5, 5.41) is 3.13. The molecule has 1 aliphatic rings. The molecule has 0 radical (unpaired) electrons. The maximum atomic E-state index is 13.0. The average molecular weight is 407 g/mol. The fraction of sp³-hybridized carbons (Fsp3) is 0.263. The van der Waals surface area contributed by atoms with Crippen LogP contribution in [0.1, 0.15) is 24.6 Å². The molecule has 2 heterocycles. The molecule has 0 atom stereocenters. The van der Waals surface area contributed by atoms with E-state index in [-0.39, 0.29) is 5.91 Å². The summed E-state index contributed by atoms with van der Waals surface area (Å²) in [6.45, 7) is 2.14. The van der Waals surface area contributed by atoms with Crippen LogP contribution in [-0.2, 0) is 4.79 Å². The van der Waals surface area contributed by atoms with Crippen LogP contribution >= 0.6 is 34.7 Å². The Hall–Kier alpha value is -1.76. The van der Waals surface area contributed by atoms with Gasteiger partial charge in [0.25, 0.3) is 5.91 Å². The molecule has 1 aromatic carbocycles. The fourth-order valence-corrected chi connectivity index (χ4v) is 4.43. The number of halogens is 1. The minimum Gasteiger partial charge on any atom is -0.495 e. The SMILES string of the molecule is CCCCSC1=NC(=Cc2cccs2)C(=O)N1c1ccc(OC)c(Cl)c1. The Bertz CT molecular complexity index is 847. The molecule has 0 bridgehead atoms. The highest BCUT2D eigenvalue weighted by molar-refractivity contribution is 8.14. The Labute approximate surface area is 166 Å². The summed E-state index contributed by atoms with van der Waals surface area (Å²) in [5.74, 6) is 1.35. The molecule has 0 aliphatic carbocycles. The number of rotatable bonds is 6. The second kappa shape index (κ2) is 8.75. The zero-order valence-corrected chi connectivity index (χ0v) is 17.0. The summed E-state index contributed by atoms with van der Waals surface area (Å²) < 4.78 is 5.21. The predicted octanol–water partition coefficient (Wildman–Crippen LogP) is 5.69. The summed E-state index contributed by atoms with van der Waals surface area (Å²) in [6, 6.07) is 9.25. The molecule has 1 amide bonds. The quantitative estimate of drug-likeness (QED) is 0.457. The zero-order valence-electron chi connectivity index (χ0n) is 14.6. The van der Waals surface area contributed by atoms with Crippen molar-refractivity contribution in [2.45, 2.75) is 19.8 Å². The number of amides is 1. The number of thiophene rings is 1. The van der Waals surface area contributed by atoms with E-state index in [1.165, 1.54) is 0 Å². The molecule has 1 aliphatic heterocycles. The van der Waals surface area contributed by atoms with Gasteiger partial charge in [0.15, 0.2) is 5.17 Å². The number of ether oxygens (including phenoxy) is 1. The van der Waals surface area contributed by atoms with E-state index in [0.29, 0.717) is 27.3 Å². The monoisotopic (exact) mass is 406 g/mol. The van der Waals surface area contributed by atoms with Gasteiger partial charge >= 0.3 is 0 Å². The predicted molar refractivity (Wildman–Crippen MR) is 113 cm³/mol. The number of benzene rings is 1. The lowest BCUT2D eigenvalue weighted by molar-refractivity contribution is -0.113. The van der Waals surface area contributed by atoms with Crippen LogP contribution in [-0.4, -0.2) is 23.9 Å². The van der Waals surface area contributed by atoms with Gasteiger partial charge in [-0.2, -0.15) is 0 Å². The second-order valence-corrected chi connectivity index (χ2v) is 8.05. The molecule has 0 saturated carbocycles. The van der Waals surface area contributed by atoms with Crippen molar-refractivity contribution < 1.29 is 9.53 Å². The molecule has 1 aromatic heterocycles. The van der Waals surface area contributed by atoms with Crippen molar-refractivity contribution in [3.8, 4) is 5.75 Å². The van der Waals surface area contributed by atoms with Crippen LogP contribution in [0.2, 0.25) is 5.02 Å². The number of anilines is 1. The van der Waals surface area contributed by atoms with Crippen molar-refractivity contribution in [3.63, 3.8) is 0 Å². The number of carbonyl (C=O) groups is 1. The van der Waals surface area contributed by atoms with Gasteiger partial charge in [-0.1, -0.05) is 42.8 Å². The van der Waals surface area contributed by atoms with E-state index < -0.39 is 0 Å². The van der Waals surface area contributed by atoms with E-state index in [1.807, 2.05) is 29.7 Å². The Kier molecular flexibility index (Phi) is 6.40. The second-order valence-electron chi connectivity index (χ2n) is 5.60. The van der Waals surface area contributed by atoms with E-state index in [0.717, 1.165) is 23.5 Å². The van der Waals surface area contributed by atoms with Crippen LogP contribution in [0.25, 0.3) is 6.08 Å². The highest BCUT2D eigenvalue weighted by atomic mass is 35.5. The van der Waals surface area contributed by atoms with Crippen molar-refractivity contribution in [3.05, 3.63) is 51.3 Å². The van der Waals surface area contributed by atoms with Gasteiger partial charge in [0.1, 0.15) is 11.4 Å². The molecule has 0 N–H and O–H groups in total. The maximum absolute atomic E-state index is 13.0. The average Bonchev–Trinajstić information content (AvgIpc) is 3.24. The van der Waals surface area contributed by atoms with Crippen LogP contribution in [0, 0.1) is 0 Å². The zero-order chi connectivity index (χ0) is 18.5. The minimum atomic E-state index is -0.140. The van der Waals surface area contributed by atoms with E-state index >= 15 is 0 Å². The first-order valence-corrected chi connectivity index (χ1v) is 10.5. The first-order chi connectivity index (χ1) is 12.6. The lowest BCUT2D eigenvalue weighted by atomic mass is 10.2. The molecule has 0 fully saturated rings. The van der Waals surface area contributed by atoms with E-state index in [1.54, 1.807) is 47.2 Å². The number of hydrogen-bond donors (Lipinski definition) is 0. The van der Waals surface area contributed by atoms with Crippen LogP contribution in [0.4, 0.5) is 5.69 Å². The van der Waals surface area contributed by atoms with Crippen molar-refractivity contribution in [1.82, 2.24) is 0 Å². The standard InChI is InChI=1S/C19H19ClN2O2S2/c1-3-4-9-26-19-21-16(12-14-6-5-10-25-14)18(23)22(19)13-7-8-17(24-2)15(20)11-13/h5-8,10-12H,3-4,9H2,1-2H3. The summed E-state index contributed by atoms with van der Waals surface area (Å²) in [7, 11) is 1.57. The molecule has 0 spiro atoms. The minimum absolute atomic E-state index is 0.140. The van der Waals surface area contributed by atoms with Gasteiger partial charge < -0.3 is 4.74 Å². The largest absolute Gasteiger partial charge is 0.495 e. The fourth-order valence-electron chi connectivity index (χ4n) is 2.43. The van der Waals surface area contributed by atoms with Crippen molar-refractivity contribution in [1.29, 1.82) is 0 Å². The Morgan fingerprint density at radius 3 is 2.88 bits per heavy atom. The topological polar surface area (TPSA) is 41.9 Å². The lowest BCUT2D eigenvalue weighted by Gasteiger charge is -2.18. The van der Waals surface area contributed by atoms with Crippen molar-refractivity contribution in [2.75, 3.05) is 17.8 Å². The van der Waals surface area contributed by atoms with Crippen LogP contribution < -0.4 is 9.64 Å². The van der Waals surface area contributed by atoms with Gasteiger partial charge in [0, 0.05) is 10.6 Å². The molecule has 4 nitrogen and oxygen atoms in total. The van der Waals surface area contributed by atoms with Crippen LogP contribution in [0.5, 0.6) is 5.75 Å². The number of methoxy groups -OCH3 is 1. The lowest BCUT2D eigenvalue weighted by Crippen LogP contribution is -2.30. The van der Waals surface area contributed by atoms with Crippen molar-refractivity contribution in [2.24, 2.45) is 4.99 Å². The molecule has 0 saturated heterocycles. The van der Waals surface area contributed by atoms with E-state index in [4.69, 9.17) is 16.3 Å². The Morgan fingerprint density at radius 1 is 1.38 bits per heavy atom. The third kappa shape index (κ3) is 4.14. The maximum Gasteiger partial charge on any atom is 0.283 e. The Morgan fingerprint density at radius 2 is 2.23 bits per heavy atom. The van der Waals surface area contributed by atoms with Crippen molar-refractivity contribution >= 4 is 57.5 Å². The molecule has 136 valence electrons. The number of carbonyl (C=O) groups excluding carboxylic acids is 1. The molecule has 3 rings (SSSR count). The number of aliphatic imine (C=N–C) groups is 1. The highest BCUT2D eigenvalue weighted by Gasteiger charge is 2.32. The molecule has 26 heavy (non-hydrogen) atoms. The summed E-state index contributed by atoms with van der Waals surface area (Å²) in [5.41, 5.74) is 1.14. The molecular formula is C19H19ClN2O2S2. The van der Waals surface area contributed by atoms with Gasteiger partial charge in [0.05, 0.1) is 17.8 Å². The normalized spacial score (nSPS) is 15.7. The van der Waals surface area contributed by atoms with Gasteiger partial charge in [0.2, 0.25) is 0 Å². The molecule has 2 aromatic rings. The molecule has 0 unspecified atom stereocenters. The number of unbranched alkanes of at least 4 members (excludes halogenated alkanes) is 1. The number of nitrogens with zero attached hydrogens (tertiary/aromatic N) is 2. The highest BCUT2D eigenvalue weighted by Crippen LogP contribution is 2.34. The first-order valence-electron chi connectivity index (χ1n) is 8.28. The third-order valence-corrected chi connectivity index (χ3v) is 5.91. The number of amidine groups is 1. The Balaban J connectivity index is 1.94. The summed E-state index contributed by atoms with van der Waals surface area (Å²) in [4.78, 5) is 20.2. The van der Waals surface area contributed by atoms with E-state index in [9.17, 15) is 4.79 Å². The molecule has 7 heteroatoms. The smallest absolute Gasteiger partial charge is 0.283 e. The van der Waals surface area contributed by atoms with E-state index in [2.05, 4.69) is 11.9 Å². The van der Waals surface area contributed by atoms with Gasteiger partial charge in [-0.05, 0) is 42.1 Å². The van der Waals surface area contributed by atoms with Gasteiger partial charge in [-0.3, -0.25) is 9.69 Å².